The number of benzene rings is 2. The summed E-state index contributed by atoms with van der Waals surface area (Å²) >= 11 is 6.13. The zero-order valence-corrected chi connectivity index (χ0v) is 14.0. The van der Waals surface area contributed by atoms with E-state index in [4.69, 9.17) is 11.6 Å². The summed E-state index contributed by atoms with van der Waals surface area (Å²) in [6, 6.07) is 14.0. The Morgan fingerprint density at radius 3 is 2.36 bits per heavy atom. The third-order valence-corrected chi connectivity index (χ3v) is 3.80. The molecule has 0 aliphatic rings. The van der Waals surface area contributed by atoms with E-state index in [2.05, 4.69) is 36.5 Å². The number of carbonyl (C=O) groups excluding carboxylic acids is 1. The van der Waals surface area contributed by atoms with Gasteiger partial charge in [0.1, 0.15) is 6.54 Å². The fourth-order valence-electron chi connectivity index (χ4n) is 2.31. The highest BCUT2D eigenvalue weighted by Crippen LogP contribution is 2.22. The Balaban J connectivity index is 1.89. The van der Waals surface area contributed by atoms with Gasteiger partial charge in [-0.05, 0) is 31.5 Å². The highest BCUT2D eigenvalue weighted by atomic mass is 35.5. The van der Waals surface area contributed by atoms with Crippen LogP contribution in [0.5, 0.6) is 0 Å². The first-order chi connectivity index (χ1) is 10.4. The molecule has 0 saturated carbocycles. The third kappa shape index (κ3) is 4.86. The fraction of sp³-hybridized carbons (Fsp3) is 0.278. The summed E-state index contributed by atoms with van der Waals surface area (Å²) < 4.78 is 0. The lowest BCUT2D eigenvalue weighted by Gasteiger charge is -2.14. The number of carbonyl (C=O) groups is 1. The first-order valence-corrected chi connectivity index (χ1v) is 7.74. The van der Waals surface area contributed by atoms with Gasteiger partial charge in [-0.25, -0.2) is 0 Å². The summed E-state index contributed by atoms with van der Waals surface area (Å²) in [7, 11) is 2.01. The van der Waals surface area contributed by atoms with E-state index >= 15 is 0 Å². The average molecular weight is 318 g/mol. The van der Waals surface area contributed by atoms with E-state index < -0.39 is 0 Å². The van der Waals surface area contributed by atoms with E-state index in [9.17, 15) is 4.79 Å². The number of hydrogen-bond donors (Lipinski definition) is 2. The minimum atomic E-state index is -0.0321. The van der Waals surface area contributed by atoms with Crippen molar-refractivity contribution in [2.45, 2.75) is 20.4 Å². The standard InChI is InChI=1S/C18H21ClN2O/c1-13-4-7-15(8-5-13)11-21(3)12-18(22)20-17-9-6-14(2)10-16(17)19/h4-10H,11-12H2,1-3H3,(H,20,22)/p+1. The molecule has 0 spiro atoms. The predicted molar refractivity (Wildman–Crippen MR) is 91.5 cm³/mol. The second-order valence-corrected chi connectivity index (χ2v) is 6.23. The van der Waals surface area contributed by atoms with Crippen LogP contribution in [-0.4, -0.2) is 19.5 Å². The third-order valence-electron chi connectivity index (χ3n) is 3.49. The highest BCUT2D eigenvalue weighted by Gasteiger charge is 2.12. The molecule has 0 fully saturated rings. The van der Waals surface area contributed by atoms with Crippen molar-refractivity contribution in [1.82, 2.24) is 0 Å². The molecular weight excluding hydrogens is 296 g/mol. The van der Waals surface area contributed by atoms with Gasteiger partial charge in [0.25, 0.3) is 5.91 Å². The van der Waals surface area contributed by atoms with Gasteiger partial charge in [0.2, 0.25) is 0 Å². The molecule has 2 aromatic rings. The van der Waals surface area contributed by atoms with Crippen LogP contribution in [0.25, 0.3) is 0 Å². The molecule has 0 heterocycles. The molecule has 116 valence electrons. The largest absolute Gasteiger partial charge is 0.326 e. The second-order valence-electron chi connectivity index (χ2n) is 5.83. The molecule has 3 nitrogen and oxygen atoms in total. The maximum atomic E-state index is 12.1. The van der Waals surface area contributed by atoms with Crippen LogP contribution in [0.4, 0.5) is 5.69 Å². The number of rotatable bonds is 5. The first-order valence-electron chi connectivity index (χ1n) is 7.37. The number of aryl methyl sites for hydroxylation is 2. The van der Waals surface area contributed by atoms with Crippen molar-refractivity contribution < 1.29 is 9.69 Å². The van der Waals surface area contributed by atoms with Crippen LogP contribution in [0.1, 0.15) is 16.7 Å². The number of amides is 1. The van der Waals surface area contributed by atoms with Crippen LogP contribution < -0.4 is 10.2 Å². The lowest BCUT2D eigenvalue weighted by atomic mass is 10.1. The van der Waals surface area contributed by atoms with Crippen LogP contribution in [0, 0.1) is 13.8 Å². The Kier molecular flexibility index (Phi) is 5.58. The smallest absolute Gasteiger partial charge is 0.279 e. The van der Waals surface area contributed by atoms with Gasteiger partial charge < -0.3 is 10.2 Å². The van der Waals surface area contributed by atoms with Crippen LogP contribution in [-0.2, 0) is 11.3 Å². The number of nitrogens with one attached hydrogen (secondary N) is 2. The molecular formula is C18H22ClN2O+. The van der Waals surface area contributed by atoms with Crippen molar-refractivity contribution in [1.29, 1.82) is 0 Å². The van der Waals surface area contributed by atoms with Crippen LogP contribution in [0.15, 0.2) is 42.5 Å². The molecule has 2 N–H and O–H groups in total. The summed E-state index contributed by atoms with van der Waals surface area (Å²) in [5.74, 6) is -0.0321. The normalized spacial score (nSPS) is 12.0. The van der Waals surface area contributed by atoms with Gasteiger partial charge in [-0.2, -0.15) is 0 Å². The van der Waals surface area contributed by atoms with Crippen LogP contribution in [0.2, 0.25) is 5.02 Å². The Morgan fingerprint density at radius 2 is 1.73 bits per heavy atom. The summed E-state index contributed by atoms with van der Waals surface area (Å²) in [5.41, 5.74) is 4.21. The molecule has 0 radical (unpaired) electrons. The van der Waals surface area contributed by atoms with Gasteiger partial charge in [-0.15, -0.1) is 0 Å². The molecule has 1 amide bonds. The zero-order valence-electron chi connectivity index (χ0n) is 13.2. The van der Waals surface area contributed by atoms with Gasteiger partial charge in [0.05, 0.1) is 17.8 Å². The van der Waals surface area contributed by atoms with Gasteiger partial charge >= 0.3 is 0 Å². The van der Waals surface area contributed by atoms with Crippen molar-refractivity contribution in [3.05, 3.63) is 64.2 Å². The second kappa shape index (κ2) is 7.43. The first kappa shape index (κ1) is 16.5. The number of hydrogen-bond acceptors (Lipinski definition) is 1. The number of likely N-dealkylation sites (N-methyl/N-ethyl adjacent to an activating group) is 1. The van der Waals surface area contributed by atoms with Crippen LogP contribution in [0.3, 0.4) is 0 Å². The molecule has 0 aliphatic heterocycles. The highest BCUT2D eigenvalue weighted by molar-refractivity contribution is 6.33. The molecule has 0 aliphatic carbocycles. The SMILES string of the molecule is Cc1ccc(C[NH+](C)CC(=O)Nc2ccc(C)cc2Cl)cc1. The Bertz CT molecular complexity index is 653. The Labute approximate surface area is 136 Å². The Hall–Kier alpha value is -1.84. The molecule has 2 rings (SSSR count). The number of quaternary nitrogens is 1. The van der Waals surface area contributed by atoms with Gasteiger partial charge in [-0.1, -0.05) is 47.5 Å². The predicted octanol–water partition coefficient (Wildman–Crippen LogP) is 2.61. The van der Waals surface area contributed by atoms with E-state index in [0.717, 1.165) is 17.0 Å². The van der Waals surface area contributed by atoms with Crippen molar-refractivity contribution in [2.24, 2.45) is 0 Å². The lowest BCUT2D eigenvalue weighted by molar-refractivity contribution is -0.885. The molecule has 0 aromatic heterocycles. The van der Waals surface area contributed by atoms with Crippen LogP contribution >= 0.6 is 11.6 Å². The molecule has 1 atom stereocenters. The maximum Gasteiger partial charge on any atom is 0.279 e. The minimum absolute atomic E-state index is 0.0321. The monoisotopic (exact) mass is 317 g/mol. The van der Waals surface area contributed by atoms with Gasteiger partial charge in [0, 0.05) is 5.56 Å². The Morgan fingerprint density at radius 1 is 1.09 bits per heavy atom. The molecule has 4 heteroatoms. The van der Waals surface area contributed by atoms with Gasteiger partial charge in [0.15, 0.2) is 6.54 Å². The summed E-state index contributed by atoms with van der Waals surface area (Å²) in [5, 5.41) is 3.45. The topological polar surface area (TPSA) is 33.5 Å². The van der Waals surface area contributed by atoms with Crippen molar-refractivity contribution in [2.75, 3.05) is 18.9 Å². The molecule has 1 unspecified atom stereocenters. The minimum Gasteiger partial charge on any atom is -0.326 e. The van der Waals surface area contributed by atoms with E-state index in [1.54, 1.807) is 0 Å². The van der Waals surface area contributed by atoms with E-state index in [1.807, 2.05) is 32.2 Å². The molecule has 2 aromatic carbocycles. The van der Waals surface area contributed by atoms with Crippen molar-refractivity contribution in [3.8, 4) is 0 Å². The number of halogens is 1. The quantitative estimate of drug-likeness (QED) is 0.873. The van der Waals surface area contributed by atoms with Crippen molar-refractivity contribution >= 4 is 23.2 Å². The average Bonchev–Trinajstić information content (AvgIpc) is 2.44. The number of anilines is 1. The summed E-state index contributed by atoms with van der Waals surface area (Å²) in [4.78, 5) is 13.2. The van der Waals surface area contributed by atoms with E-state index in [0.29, 0.717) is 17.3 Å². The maximum absolute atomic E-state index is 12.1. The summed E-state index contributed by atoms with van der Waals surface area (Å²) in [6.45, 7) is 5.25. The van der Waals surface area contributed by atoms with E-state index in [1.165, 1.54) is 11.1 Å². The lowest BCUT2D eigenvalue weighted by Crippen LogP contribution is -3.08. The molecule has 0 bridgehead atoms. The molecule has 0 saturated heterocycles. The van der Waals surface area contributed by atoms with Crippen molar-refractivity contribution in [3.63, 3.8) is 0 Å². The fourth-order valence-corrected chi connectivity index (χ4v) is 2.59. The van der Waals surface area contributed by atoms with Gasteiger partial charge in [-0.3, -0.25) is 4.79 Å². The molecule has 22 heavy (non-hydrogen) atoms. The van der Waals surface area contributed by atoms with E-state index in [-0.39, 0.29) is 5.91 Å². The zero-order chi connectivity index (χ0) is 16.1. The summed E-state index contributed by atoms with van der Waals surface area (Å²) in [6.07, 6.45) is 0.